The number of hydrogen-bond acceptors (Lipinski definition) is 4. The summed E-state index contributed by atoms with van der Waals surface area (Å²) >= 11 is 0. The molecule has 0 aliphatic carbocycles. The van der Waals surface area contributed by atoms with Gasteiger partial charge in [-0.25, -0.2) is 0 Å². The summed E-state index contributed by atoms with van der Waals surface area (Å²) in [4.78, 5) is 29.0. The number of benzene rings is 2. The predicted octanol–water partition coefficient (Wildman–Crippen LogP) is 1.54. The van der Waals surface area contributed by atoms with E-state index in [1.54, 1.807) is 4.90 Å². The molecule has 3 aliphatic heterocycles. The van der Waals surface area contributed by atoms with Gasteiger partial charge < -0.3 is 15.0 Å². The van der Waals surface area contributed by atoms with E-state index in [0.717, 1.165) is 43.0 Å². The molecule has 1 N–H and O–H groups in total. The van der Waals surface area contributed by atoms with Crippen LogP contribution in [-0.2, 0) is 11.2 Å². The Morgan fingerprint density at radius 3 is 2.71 bits per heavy atom. The van der Waals surface area contributed by atoms with Gasteiger partial charge in [0.15, 0.2) is 0 Å². The van der Waals surface area contributed by atoms with Gasteiger partial charge in [0.2, 0.25) is 5.91 Å². The van der Waals surface area contributed by atoms with Gasteiger partial charge in [-0.1, -0.05) is 24.3 Å². The molecule has 3 heterocycles. The largest absolute Gasteiger partial charge is 0.493 e. The molecule has 28 heavy (non-hydrogen) atoms. The quantitative estimate of drug-likeness (QED) is 0.863. The standard InChI is InChI=1S/C22H23N3O3/c26-21-19-14-25(11-10-24(19)9-8-23-21)22(27)17-4-1-15(2-5-17)18-6-3-16-7-12-28-20(16)13-18/h1-6,13,19H,7-12,14H2,(H,23,26)/t19-/m1/s1. The first-order chi connectivity index (χ1) is 13.7. The first-order valence-electron chi connectivity index (χ1n) is 9.86. The van der Waals surface area contributed by atoms with Crippen molar-refractivity contribution in [1.82, 2.24) is 15.1 Å². The molecule has 0 spiro atoms. The molecule has 6 heteroatoms. The molecule has 2 aromatic carbocycles. The Morgan fingerprint density at radius 2 is 1.86 bits per heavy atom. The lowest BCUT2D eigenvalue weighted by Gasteiger charge is -2.43. The SMILES string of the molecule is O=C1NCCN2CCN(C(=O)c3ccc(-c4ccc5c(c4)OCC5)cc3)C[C@H]12. The minimum Gasteiger partial charge on any atom is -0.493 e. The van der Waals surface area contributed by atoms with Crippen molar-refractivity contribution in [3.05, 3.63) is 53.6 Å². The van der Waals surface area contributed by atoms with E-state index in [-0.39, 0.29) is 17.9 Å². The number of nitrogens with zero attached hydrogens (tertiary/aromatic N) is 2. The van der Waals surface area contributed by atoms with Crippen LogP contribution >= 0.6 is 0 Å². The minimum absolute atomic E-state index is 0.0122. The van der Waals surface area contributed by atoms with Crippen molar-refractivity contribution in [1.29, 1.82) is 0 Å². The number of piperazine rings is 2. The van der Waals surface area contributed by atoms with Crippen molar-refractivity contribution >= 4 is 11.8 Å². The van der Waals surface area contributed by atoms with Crippen molar-refractivity contribution in [3.8, 4) is 16.9 Å². The lowest BCUT2D eigenvalue weighted by Crippen LogP contribution is -2.64. The fourth-order valence-electron chi connectivity index (χ4n) is 4.30. The van der Waals surface area contributed by atoms with Crippen LogP contribution < -0.4 is 10.1 Å². The second kappa shape index (κ2) is 6.95. The number of fused-ring (bicyclic) bond motifs is 2. The normalized spacial score (nSPS) is 21.5. The Kier molecular flexibility index (Phi) is 4.28. The molecule has 3 aliphatic rings. The maximum absolute atomic E-state index is 12.9. The second-order valence-corrected chi connectivity index (χ2v) is 7.59. The highest BCUT2D eigenvalue weighted by Crippen LogP contribution is 2.31. The Hall–Kier alpha value is -2.86. The minimum atomic E-state index is -0.225. The monoisotopic (exact) mass is 377 g/mol. The third-order valence-electron chi connectivity index (χ3n) is 5.94. The Bertz CT molecular complexity index is 925. The topological polar surface area (TPSA) is 61.9 Å². The number of carbonyl (C=O) groups excluding carboxylic acids is 2. The van der Waals surface area contributed by atoms with Gasteiger partial charge in [-0.2, -0.15) is 0 Å². The van der Waals surface area contributed by atoms with Gasteiger partial charge in [0, 0.05) is 44.7 Å². The Balaban J connectivity index is 1.31. The van der Waals surface area contributed by atoms with Gasteiger partial charge >= 0.3 is 0 Å². The third-order valence-corrected chi connectivity index (χ3v) is 5.94. The molecule has 0 unspecified atom stereocenters. The van der Waals surface area contributed by atoms with Crippen molar-refractivity contribution < 1.29 is 14.3 Å². The molecule has 0 aromatic heterocycles. The number of rotatable bonds is 2. The van der Waals surface area contributed by atoms with Crippen LogP contribution in [0.3, 0.4) is 0 Å². The molecule has 5 rings (SSSR count). The predicted molar refractivity (Wildman–Crippen MR) is 105 cm³/mol. The second-order valence-electron chi connectivity index (χ2n) is 7.59. The van der Waals surface area contributed by atoms with Crippen LogP contribution in [0.25, 0.3) is 11.1 Å². The molecule has 0 bridgehead atoms. The molecular formula is C22H23N3O3. The first-order valence-corrected chi connectivity index (χ1v) is 9.86. The number of carbonyl (C=O) groups is 2. The van der Waals surface area contributed by atoms with Crippen LogP contribution in [0.1, 0.15) is 15.9 Å². The van der Waals surface area contributed by atoms with Gasteiger partial charge in [0.05, 0.1) is 6.61 Å². The van der Waals surface area contributed by atoms with Crippen LogP contribution in [0.5, 0.6) is 5.75 Å². The van der Waals surface area contributed by atoms with E-state index in [0.29, 0.717) is 25.2 Å². The highest BCUT2D eigenvalue weighted by atomic mass is 16.5. The zero-order chi connectivity index (χ0) is 19.1. The van der Waals surface area contributed by atoms with Gasteiger partial charge in [-0.15, -0.1) is 0 Å². The molecule has 1 atom stereocenters. The zero-order valence-electron chi connectivity index (χ0n) is 15.7. The lowest BCUT2D eigenvalue weighted by atomic mass is 10.0. The molecule has 2 amide bonds. The summed E-state index contributed by atoms with van der Waals surface area (Å²) in [5.41, 5.74) is 4.06. The summed E-state index contributed by atoms with van der Waals surface area (Å²) in [6, 6.07) is 13.8. The molecule has 2 aromatic rings. The van der Waals surface area contributed by atoms with Gasteiger partial charge in [0.1, 0.15) is 11.8 Å². The molecule has 2 saturated heterocycles. The highest BCUT2D eigenvalue weighted by Gasteiger charge is 2.36. The lowest BCUT2D eigenvalue weighted by molar-refractivity contribution is -0.131. The van der Waals surface area contributed by atoms with E-state index >= 15 is 0 Å². The van der Waals surface area contributed by atoms with E-state index in [9.17, 15) is 9.59 Å². The summed E-state index contributed by atoms with van der Waals surface area (Å²) in [5.74, 6) is 0.973. The van der Waals surface area contributed by atoms with Gasteiger partial charge in [0.25, 0.3) is 5.91 Å². The average molecular weight is 377 g/mol. The van der Waals surface area contributed by atoms with Crippen LogP contribution in [0.4, 0.5) is 0 Å². The summed E-state index contributed by atoms with van der Waals surface area (Å²) in [6.07, 6.45) is 0.968. The van der Waals surface area contributed by atoms with Crippen molar-refractivity contribution in [2.45, 2.75) is 12.5 Å². The van der Waals surface area contributed by atoms with Crippen molar-refractivity contribution in [3.63, 3.8) is 0 Å². The molecular weight excluding hydrogens is 354 g/mol. The maximum atomic E-state index is 12.9. The summed E-state index contributed by atoms with van der Waals surface area (Å²) < 4.78 is 5.66. The van der Waals surface area contributed by atoms with Crippen LogP contribution in [-0.4, -0.2) is 67.0 Å². The average Bonchev–Trinajstić information content (AvgIpc) is 3.21. The van der Waals surface area contributed by atoms with Crippen LogP contribution in [0.2, 0.25) is 0 Å². The van der Waals surface area contributed by atoms with E-state index in [1.165, 1.54) is 5.56 Å². The Labute approximate surface area is 164 Å². The molecule has 144 valence electrons. The van der Waals surface area contributed by atoms with E-state index < -0.39 is 0 Å². The summed E-state index contributed by atoms with van der Waals surface area (Å²) in [7, 11) is 0. The van der Waals surface area contributed by atoms with Crippen molar-refractivity contribution in [2.24, 2.45) is 0 Å². The number of hydrogen-bond donors (Lipinski definition) is 1. The smallest absolute Gasteiger partial charge is 0.253 e. The number of nitrogens with one attached hydrogen (secondary N) is 1. The maximum Gasteiger partial charge on any atom is 0.253 e. The fraction of sp³-hybridized carbons (Fsp3) is 0.364. The third kappa shape index (κ3) is 3.03. The summed E-state index contributed by atoms with van der Waals surface area (Å²) in [6.45, 7) is 4.16. The summed E-state index contributed by atoms with van der Waals surface area (Å²) in [5, 5.41) is 2.89. The number of ether oxygens (including phenoxy) is 1. The van der Waals surface area contributed by atoms with Crippen molar-refractivity contribution in [2.75, 3.05) is 39.3 Å². The fourth-order valence-corrected chi connectivity index (χ4v) is 4.30. The van der Waals surface area contributed by atoms with E-state index in [4.69, 9.17) is 4.74 Å². The first kappa shape index (κ1) is 17.3. The Morgan fingerprint density at radius 1 is 1.04 bits per heavy atom. The van der Waals surface area contributed by atoms with Gasteiger partial charge in [-0.05, 0) is 34.9 Å². The molecule has 0 radical (unpaired) electrons. The zero-order valence-corrected chi connectivity index (χ0v) is 15.7. The van der Waals surface area contributed by atoms with Crippen LogP contribution in [0, 0.1) is 0 Å². The van der Waals surface area contributed by atoms with E-state index in [2.05, 4.69) is 28.4 Å². The highest BCUT2D eigenvalue weighted by molar-refractivity contribution is 5.95. The number of amides is 2. The molecule has 6 nitrogen and oxygen atoms in total. The van der Waals surface area contributed by atoms with Crippen LogP contribution in [0.15, 0.2) is 42.5 Å². The molecule has 0 saturated carbocycles. The molecule has 2 fully saturated rings. The van der Waals surface area contributed by atoms with Gasteiger partial charge in [-0.3, -0.25) is 14.5 Å². The van der Waals surface area contributed by atoms with E-state index in [1.807, 2.05) is 24.3 Å².